The molecular formula is C23H23FN4O5. The molecule has 1 aliphatic heterocycles. The average molecular weight is 454 g/mol. The quantitative estimate of drug-likeness (QED) is 0.541. The van der Waals surface area contributed by atoms with Crippen molar-refractivity contribution in [3.8, 4) is 22.6 Å². The number of hydrogen-bond acceptors (Lipinski definition) is 6. The highest BCUT2D eigenvalue weighted by atomic mass is 19.1. The summed E-state index contributed by atoms with van der Waals surface area (Å²) in [6, 6.07) is 10.0. The third-order valence-electron chi connectivity index (χ3n) is 5.30. The monoisotopic (exact) mass is 454 g/mol. The molecule has 4 rings (SSSR count). The molecule has 3 aromatic rings. The standard InChI is InChI=1S/C23H23FN4O5/c1-31-12-17-21(13-4-6-14(24)7-5-13)22-26-23(30)18(28(22)27-17)11-20(29)25-16-9-8-15(32-2)10-19(16)33-3/h4-10,18H,11-12H2,1-3H3,(H,25,29)(H,26,30). The van der Waals surface area contributed by atoms with E-state index in [1.54, 1.807) is 30.3 Å². The number of carbonyl (C=O) groups is 2. The summed E-state index contributed by atoms with van der Waals surface area (Å²) in [6.45, 7) is 0.185. The molecule has 0 radical (unpaired) electrons. The van der Waals surface area contributed by atoms with Gasteiger partial charge in [-0.2, -0.15) is 5.10 Å². The number of halogens is 1. The Bertz CT molecular complexity index is 1190. The molecule has 1 aliphatic rings. The molecule has 1 atom stereocenters. The van der Waals surface area contributed by atoms with Crippen molar-refractivity contribution < 1.29 is 28.2 Å². The number of nitrogens with zero attached hydrogens (tertiary/aromatic N) is 2. The van der Waals surface area contributed by atoms with Crippen LogP contribution in [0.2, 0.25) is 0 Å². The van der Waals surface area contributed by atoms with Crippen LogP contribution in [-0.2, 0) is 20.9 Å². The zero-order valence-corrected chi connectivity index (χ0v) is 18.3. The number of amides is 2. The summed E-state index contributed by atoms with van der Waals surface area (Å²) in [5, 5.41) is 10.1. The van der Waals surface area contributed by atoms with Crippen molar-refractivity contribution >= 4 is 23.3 Å². The lowest BCUT2D eigenvalue weighted by Gasteiger charge is -2.13. The van der Waals surface area contributed by atoms with E-state index in [9.17, 15) is 14.0 Å². The van der Waals surface area contributed by atoms with Crippen LogP contribution in [0.3, 0.4) is 0 Å². The van der Waals surface area contributed by atoms with Gasteiger partial charge in [-0.1, -0.05) is 12.1 Å². The van der Waals surface area contributed by atoms with Gasteiger partial charge in [0, 0.05) is 18.7 Å². The minimum Gasteiger partial charge on any atom is -0.497 e. The second-order valence-electron chi connectivity index (χ2n) is 7.38. The molecular weight excluding hydrogens is 431 g/mol. The predicted molar refractivity (Wildman–Crippen MR) is 119 cm³/mol. The maximum absolute atomic E-state index is 13.4. The van der Waals surface area contributed by atoms with Crippen molar-refractivity contribution in [1.29, 1.82) is 0 Å². The van der Waals surface area contributed by atoms with Crippen LogP contribution in [0.25, 0.3) is 11.1 Å². The topological polar surface area (TPSA) is 104 Å². The number of ether oxygens (including phenoxy) is 3. The minimum atomic E-state index is -0.853. The first-order chi connectivity index (χ1) is 15.9. The van der Waals surface area contributed by atoms with Gasteiger partial charge in [0.2, 0.25) is 5.91 Å². The number of rotatable bonds is 8. The summed E-state index contributed by atoms with van der Waals surface area (Å²) >= 11 is 0. The number of aromatic nitrogens is 2. The molecule has 1 unspecified atom stereocenters. The molecule has 2 heterocycles. The average Bonchev–Trinajstić information content (AvgIpc) is 3.29. The van der Waals surface area contributed by atoms with Crippen LogP contribution in [0.15, 0.2) is 42.5 Å². The first kappa shape index (κ1) is 22.3. The molecule has 0 aliphatic carbocycles. The lowest BCUT2D eigenvalue weighted by Crippen LogP contribution is -2.24. The van der Waals surface area contributed by atoms with Gasteiger partial charge in [0.25, 0.3) is 5.91 Å². The Balaban J connectivity index is 1.60. The minimum absolute atomic E-state index is 0.148. The van der Waals surface area contributed by atoms with Crippen LogP contribution in [0.5, 0.6) is 11.5 Å². The zero-order chi connectivity index (χ0) is 23.5. The van der Waals surface area contributed by atoms with Gasteiger partial charge in [-0.25, -0.2) is 9.07 Å². The van der Waals surface area contributed by atoms with Crippen molar-refractivity contribution in [3.63, 3.8) is 0 Å². The predicted octanol–water partition coefficient (Wildman–Crippen LogP) is 3.37. The van der Waals surface area contributed by atoms with Crippen molar-refractivity contribution in [2.75, 3.05) is 32.0 Å². The lowest BCUT2D eigenvalue weighted by atomic mass is 10.1. The van der Waals surface area contributed by atoms with Crippen LogP contribution in [-0.4, -0.2) is 42.9 Å². The Kier molecular flexibility index (Phi) is 6.27. The summed E-state index contributed by atoms with van der Waals surface area (Å²) < 4.78 is 30.6. The van der Waals surface area contributed by atoms with E-state index in [1.807, 2.05) is 0 Å². The molecule has 0 saturated carbocycles. The van der Waals surface area contributed by atoms with E-state index < -0.39 is 11.9 Å². The van der Waals surface area contributed by atoms with E-state index in [0.717, 1.165) is 0 Å². The fraction of sp³-hybridized carbons (Fsp3) is 0.261. The zero-order valence-electron chi connectivity index (χ0n) is 18.3. The summed E-state index contributed by atoms with van der Waals surface area (Å²) in [7, 11) is 4.55. The largest absolute Gasteiger partial charge is 0.497 e. The SMILES string of the molecule is COCc1nn2c(c1-c1ccc(F)cc1)NC(=O)C2CC(=O)Nc1ccc(OC)cc1OC. The van der Waals surface area contributed by atoms with Gasteiger partial charge < -0.3 is 24.8 Å². The third kappa shape index (κ3) is 4.37. The van der Waals surface area contributed by atoms with Crippen molar-refractivity contribution in [2.24, 2.45) is 0 Å². The normalized spacial score (nSPS) is 14.5. The summed E-state index contributed by atoms with van der Waals surface area (Å²) in [4.78, 5) is 25.5. The van der Waals surface area contributed by atoms with Crippen molar-refractivity contribution in [2.45, 2.75) is 19.1 Å². The smallest absolute Gasteiger partial charge is 0.251 e. The first-order valence-corrected chi connectivity index (χ1v) is 10.1. The van der Waals surface area contributed by atoms with Crippen LogP contribution in [0, 0.1) is 5.82 Å². The second-order valence-corrected chi connectivity index (χ2v) is 7.38. The molecule has 0 bridgehead atoms. The van der Waals surface area contributed by atoms with Gasteiger partial charge in [0.1, 0.15) is 29.2 Å². The number of nitrogens with one attached hydrogen (secondary N) is 2. The Morgan fingerprint density at radius 1 is 1.15 bits per heavy atom. The Morgan fingerprint density at radius 2 is 1.91 bits per heavy atom. The molecule has 10 heteroatoms. The molecule has 9 nitrogen and oxygen atoms in total. The lowest BCUT2D eigenvalue weighted by molar-refractivity contribution is -0.123. The number of benzene rings is 2. The van der Waals surface area contributed by atoms with Crippen LogP contribution >= 0.6 is 0 Å². The van der Waals surface area contributed by atoms with Gasteiger partial charge in [0.15, 0.2) is 0 Å². The van der Waals surface area contributed by atoms with Crippen LogP contribution in [0.4, 0.5) is 15.9 Å². The molecule has 33 heavy (non-hydrogen) atoms. The number of methoxy groups -OCH3 is 3. The first-order valence-electron chi connectivity index (χ1n) is 10.1. The van der Waals surface area contributed by atoms with E-state index in [1.165, 1.54) is 38.1 Å². The van der Waals surface area contributed by atoms with Crippen molar-refractivity contribution in [3.05, 3.63) is 54.0 Å². The fourth-order valence-electron chi connectivity index (χ4n) is 3.75. The van der Waals surface area contributed by atoms with E-state index in [4.69, 9.17) is 14.2 Å². The molecule has 0 saturated heterocycles. The van der Waals surface area contributed by atoms with Gasteiger partial charge in [-0.05, 0) is 29.8 Å². The van der Waals surface area contributed by atoms with E-state index in [2.05, 4.69) is 15.7 Å². The van der Waals surface area contributed by atoms with Crippen LogP contribution in [0.1, 0.15) is 18.2 Å². The molecule has 0 spiro atoms. The van der Waals surface area contributed by atoms with Gasteiger partial charge >= 0.3 is 0 Å². The molecule has 172 valence electrons. The van der Waals surface area contributed by atoms with Crippen molar-refractivity contribution in [1.82, 2.24) is 9.78 Å². The number of anilines is 2. The van der Waals surface area contributed by atoms with Gasteiger partial charge in [0.05, 0.1) is 38.6 Å². The summed E-state index contributed by atoms with van der Waals surface area (Å²) in [6.07, 6.45) is -0.148. The highest BCUT2D eigenvalue weighted by Crippen LogP contribution is 2.39. The Labute approximate surface area is 189 Å². The Hall–Kier alpha value is -3.92. The molecule has 2 N–H and O–H groups in total. The maximum Gasteiger partial charge on any atom is 0.251 e. The summed E-state index contributed by atoms with van der Waals surface area (Å²) in [5.41, 5.74) is 2.33. The molecule has 0 fully saturated rings. The van der Waals surface area contributed by atoms with Crippen LogP contribution < -0.4 is 20.1 Å². The Morgan fingerprint density at radius 3 is 2.58 bits per heavy atom. The van der Waals surface area contributed by atoms with E-state index >= 15 is 0 Å². The number of hydrogen-bond donors (Lipinski definition) is 2. The number of carbonyl (C=O) groups excluding carboxylic acids is 2. The van der Waals surface area contributed by atoms with E-state index in [-0.39, 0.29) is 24.8 Å². The van der Waals surface area contributed by atoms with E-state index in [0.29, 0.717) is 39.8 Å². The highest BCUT2D eigenvalue weighted by Gasteiger charge is 2.37. The fourth-order valence-corrected chi connectivity index (χ4v) is 3.75. The molecule has 2 aromatic carbocycles. The second kappa shape index (κ2) is 9.29. The number of fused-ring (bicyclic) bond motifs is 1. The van der Waals surface area contributed by atoms with Gasteiger partial charge in [-0.15, -0.1) is 0 Å². The molecule has 1 aromatic heterocycles. The van der Waals surface area contributed by atoms with Gasteiger partial charge in [-0.3, -0.25) is 9.59 Å². The third-order valence-corrected chi connectivity index (χ3v) is 5.30. The maximum atomic E-state index is 13.4. The highest BCUT2D eigenvalue weighted by molar-refractivity contribution is 6.04. The summed E-state index contributed by atoms with van der Waals surface area (Å²) in [5.74, 6) is 0.335. The molecule has 2 amide bonds.